The summed E-state index contributed by atoms with van der Waals surface area (Å²) in [6, 6.07) is 14.3. The fourth-order valence-electron chi connectivity index (χ4n) is 1.92. The second-order valence-electron chi connectivity index (χ2n) is 4.75. The van der Waals surface area contributed by atoms with E-state index in [1.54, 1.807) is 24.3 Å². The summed E-state index contributed by atoms with van der Waals surface area (Å²) in [5.74, 6) is 0.743. The van der Waals surface area contributed by atoms with E-state index in [1.165, 1.54) is 18.4 Å². The number of hydrogen-bond donors (Lipinski definition) is 1. The smallest absolute Gasteiger partial charge is 0.343 e. The Morgan fingerprint density at radius 1 is 1.00 bits per heavy atom. The molecule has 21 heavy (non-hydrogen) atoms. The predicted molar refractivity (Wildman–Crippen MR) is 86.1 cm³/mol. The first kappa shape index (κ1) is 15.4. The van der Waals surface area contributed by atoms with E-state index in [4.69, 9.17) is 8.92 Å². The third kappa shape index (κ3) is 4.53. The summed E-state index contributed by atoms with van der Waals surface area (Å²) in [7, 11) is 0. The standard InChI is InChI=1S/C17H18O3S/c1-2-3-4-13-5-9-15(10-6-13)19-17(18)14-7-11-16(20-21)12-8-14/h5-12,21H,2-4H2,1H3. The molecule has 0 saturated carbocycles. The van der Waals surface area contributed by atoms with Gasteiger partial charge in [-0.05, 0) is 54.8 Å². The monoisotopic (exact) mass is 302 g/mol. The van der Waals surface area contributed by atoms with Crippen molar-refractivity contribution in [3.05, 3.63) is 59.7 Å². The number of thiol groups is 1. The SMILES string of the molecule is CCCCc1ccc(OC(=O)c2ccc(OS)cc2)cc1. The molecule has 0 atom stereocenters. The van der Waals surface area contributed by atoms with Crippen LogP contribution < -0.4 is 8.92 Å². The maximum Gasteiger partial charge on any atom is 0.343 e. The van der Waals surface area contributed by atoms with Crippen molar-refractivity contribution in [2.24, 2.45) is 0 Å². The van der Waals surface area contributed by atoms with E-state index in [1.807, 2.05) is 24.3 Å². The van der Waals surface area contributed by atoms with Gasteiger partial charge in [0.2, 0.25) is 0 Å². The molecule has 2 rings (SSSR count). The van der Waals surface area contributed by atoms with Gasteiger partial charge >= 0.3 is 5.97 Å². The summed E-state index contributed by atoms with van der Waals surface area (Å²) in [6.45, 7) is 2.17. The molecule has 3 nitrogen and oxygen atoms in total. The lowest BCUT2D eigenvalue weighted by Gasteiger charge is -2.06. The van der Waals surface area contributed by atoms with E-state index in [0.717, 1.165) is 6.42 Å². The topological polar surface area (TPSA) is 35.5 Å². The van der Waals surface area contributed by atoms with Crippen LogP contribution in [0.25, 0.3) is 0 Å². The van der Waals surface area contributed by atoms with Gasteiger partial charge in [0.05, 0.1) is 5.56 Å². The summed E-state index contributed by atoms with van der Waals surface area (Å²) in [5, 5.41) is 0. The van der Waals surface area contributed by atoms with E-state index in [9.17, 15) is 4.79 Å². The zero-order valence-corrected chi connectivity index (χ0v) is 12.8. The van der Waals surface area contributed by atoms with Gasteiger partial charge in [0, 0.05) is 12.9 Å². The molecule has 110 valence electrons. The fraction of sp³-hybridized carbons (Fsp3) is 0.235. The first-order valence-corrected chi connectivity index (χ1v) is 7.32. The van der Waals surface area contributed by atoms with Crippen LogP contribution >= 0.6 is 12.9 Å². The maximum atomic E-state index is 12.0. The number of unbranched alkanes of at least 4 members (excludes halogenated alkanes) is 1. The van der Waals surface area contributed by atoms with Crippen LogP contribution in [0, 0.1) is 0 Å². The van der Waals surface area contributed by atoms with Gasteiger partial charge in [0.25, 0.3) is 0 Å². The molecule has 0 fully saturated rings. The number of carbonyl (C=O) groups excluding carboxylic acids is 1. The molecular formula is C17H18O3S. The molecule has 0 radical (unpaired) electrons. The number of aryl methyl sites for hydroxylation is 1. The van der Waals surface area contributed by atoms with Gasteiger partial charge in [0.1, 0.15) is 11.5 Å². The Hall–Kier alpha value is -1.94. The highest BCUT2D eigenvalue weighted by atomic mass is 32.1. The molecule has 4 heteroatoms. The van der Waals surface area contributed by atoms with Crippen molar-refractivity contribution in [3.63, 3.8) is 0 Å². The normalized spacial score (nSPS) is 10.2. The van der Waals surface area contributed by atoms with Crippen molar-refractivity contribution in [1.29, 1.82) is 0 Å². The van der Waals surface area contributed by atoms with Gasteiger partial charge in [-0.15, -0.1) is 0 Å². The lowest BCUT2D eigenvalue weighted by atomic mass is 10.1. The van der Waals surface area contributed by atoms with E-state index in [2.05, 4.69) is 19.8 Å². The van der Waals surface area contributed by atoms with Crippen molar-refractivity contribution in [2.45, 2.75) is 26.2 Å². The molecule has 0 spiro atoms. The minimum Gasteiger partial charge on any atom is -0.429 e. The number of carbonyl (C=O) groups is 1. The lowest BCUT2D eigenvalue weighted by Crippen LogP contribution is -2.08. The third-order valence-corrected chi connectivity index (χ3v) is 3.36. The molecule has 0 heterocycles. The number of ether oxygens (including phenoxy) is 1. The molecule has 0 aliphatic heterocycles. The van der Waals surface area contributed by atoms with Crippen molar-refractivity contribution >= 4 is 18.9 Å². The second kappa shape index (κ2) is 7.74. The predicted octanol–water partition coefficient (Wildman–Crippen LogP) is 4.47. The number of hydrogen-bond acceptors (Lipinski definition) is 4. The summed E-state index contributed by atoms with van der Waals surface area (Å²) in [6.07, 6.45) is 3.39. The molecule has 0 aliphatic rings. The minimum absolute atomic E-state index is 0.387. The Kier molecular flexibility index (Phi) is 5.69. The Bertz CT molecular complexity index is 576. The van der Waals surface area contributed by atoms with Gasteiger partial charge in [-0.2, -0.15) is 0 Å². The zero-order valence-electron chi connectivity index (χ0n) is 11.9. The van der Waals surface area contributed by atoms with Crippen molar-refractivity contribution in [2.75, 3.05) is 0 Å². The van der Waals surface area contributed by atoms with Crippen LogP contribution in [0.4, 0.5) is 0 Å². The van der Waals surface area contributed by atoms with Crippen LogP contribution in [0.5, 0.6) is 11.5 Å². The Labute approximate surface area is 130 Å². The number of esters is 1. The highest BCUT2D eigenvalue weighted by Crippen LogP contribution is 2.17. The van der Waals surface area contributed by atoms with Gasteiger partial charge < -0.3 is 8.92 Å². The van der Waals surface area contributed by atoms with Gasteiger partial charge in [-0.25, -0.2) is 4.79 Å². The van der Waals surface area contributed by atoms with E-state index in [-0.39, 0.29) is 5.97 Å². The quantitative estimate of drug-likeness (QED) is 0.370. The highest BCUT2D eigenvalue weighted by Gasteiger charge is 2.08. The van der Waals surface area contributed by atoms with Crippen LogP contribution in [0.3, 0.4) is 0 Å². The maximum absolute atomic E-state index is 12.0. The van der Waals surface area contributed by atoms with Crippen LogP contribution in [-0.4, -0.2) is 5.97 Å². The molecule has 0 bridgehead atoms. The fourth-order valence-corrected chi connectivity index (χ4v) is 2.04. The zero-order chi connectivity index (χ0) is 15.1. The lowest BCUT2D eigenvalue weighted by molar-refractivity contribution is 0.0734. The first-order chi connectivity index (χ1) is 10.2. The first-order valence-electron chi connectivity index (χ1n) is 6.95. The average Bonchev–Trinajstić information content (AvgIpc) is 2.54. The summed E-state index contributed by atoms with van der Waals surface area (Å²) in [5.41, 5.74) is 1.73. The van der Waals surface area contributed by atoms with Gasteiger partial charge in [0.15, 0.2) is 0 Å². The van der Waals surface area contributed by atoms with Crippen molar-refractivity contribution in [1.82, 2.24) is 0 Å². The van der Waals surface area contributed by atoms with Crippen molar-refractivity contribution < 1.29 is 13.7 Å². The van der Waals surface area contributed by atoms with E-state index in [0.29, 0.717) is 17.1 Å². The Morgan fingerprint density at radius 2 is 1.62 bits per heavy atom. The largest absolute Gasteiger partial charge is 0.429 e. The molecular weight excluding hydrogens is 284 g/mol. The molecule has 0 unspecified atom stereocenters. The molecule has 0 amide bonds. The molecule has 0 saturated heterocycles. The molecule has 2 aromatic rings. The molecule has 0 N–H and O–H groups in total. The molecule has 0 aliphatic carbocycles. The van der Waals surface area contributed by atoms with Crippen molar-refractivity contribution in [3.8, 4) is 11.5 Å². The van der Waals surface area contributed by atoms with E-state index >= 15 is 0 Å². The highest BCUT2D eigenvalue weighted by molar-refractivity contribution is 7.75. The number of benzene rings is 2. The molecule has 0 aromatic heterocycles. The van der Waals surface area contributed by atoms with Crippen LogP contribution in [0.15, 0.2) is 48.5 Å². The summed E-state index contributed by atoms with van der Waals surface area (Å²) in [4.78, 5) is 12.0. The minimum atomic E-state index is -0.387. The van der Waals surface area contributed by atoms with Crippen LogP contribution in [-0.2, 0) is 6.42 Å². The summed E-state index contributed by atoms with van der Waals surface area (Å²) >= 11 is 3.69. The van der Waals surface area contributed by atoms with Gasteiger partial charge in [-0.3, -0.25) is 0 Å². The van der Waals surface area contributed by atoms with Crippen LogP contribution in [0.1, 0.15) is 35.7 Å². The molecule has 2 aromatic carbocycles. The van der Waals surface area contributed by atoms with Gasteiger partial charge in [-0.1, -0.05) is 25.5 Å². The average molecular weight is 302 g/mol. The third-order valence-electron chi connectivity index (χ3n) is 3.15. The second-order valence-corrected chi connectivity index (χ2v) is 4.94. The number of rotatable bonds is 6. The van der Waals surface area contributed by atoms with Crippen LogP contribution in [0.2, 0.25) is 0 Å². The van der Waals surface area contributed by atoms with E-state index < -0.39 is 0 Å². The summed E-state index contributed by atoms with van der Waals surface area (Å²) < 4.78 is 10.1. The Balaban J connectivity index is 1.98. The Morgan fingerprint density at radius 3 is 2.19 bits per heavy atom.